The number of halogens is 4. The van der Waals surface area contributed by atoms with E-state index >= 15 is 0 Å². The highest BCUT2D eigenvalue weighted by molar-refractivity contribution is 6.31. The van der Waals surface area contributed by atoms with E-state index in [1.165, 1.54) is 10.6 Å². The molecule has 1 aromatic heterocycles. The maximum absolute atomic E-state index is 12.4. The minimum absolute atomic E-state index is 0.123. The van der Waals surface area contributed by atoms with Crippen LogP contribution in [0.2, 0.25) is 5.02 Å². The van der Waals surface area contributed by atoms with Crippen molar-refractivity contribution in [3.05, 3.63) is 28.9 Å². The fourth-order valence-electron chi connectivity index (χ4n) is 2.57. The zero-order valence-corrected chi connectivity index (χ0v) is 13.7. The van der Waals surface area contributed by atoms with E-state index in [4.69, 9.17) is 23.1 Å². The van der Waals surface area contributed by atoms with Crippen LogP contribution >= 0.6 is 11.6 Å². The number of carbonyl (C=O) groups is 1. The predicted molar refractivity (Wildman–Crippen MR) is 88.4 cm³/mol. The standard InChI is InChI=1S/C15H16ClF3N4O2/c16-8-2-3-9-10(6-8)13(25)23(5-1-4-15(17,18)19)11(9)7-12(24)22-14(20)21/h2-3,6,25H,1,4-5,7H2,(H4,20,21,22,24). The lowest BCUT2D eigenvalue weighted by Crippen LogP contribution is -2.24. The van der Waals surface area contributed by atoms with Crippen molar-refractivity contribution in [1.82, 2.24) is 4.57 Å². The first kappa shape index (κ1) is 18.9. The Bertz CT molecular complexity index is 826. The first-order chi connectivity index (χ1) is 11.6. The summed E-state index contributed by atoms with van der Waals surface area (Å²) in [6.07, 6.45) is -5.85. The number of aromatic hydroxyl groups is 1. The van der Waals surface area contributed by atoms with E-state index in [0.29, 0.717) is 21.5 Å². The third-order valence-corrected chi connectivity index (χ3v) is 3.76. The van der Waals surface area contributed by atoms with Gasteiger partial charge >= 0.3 is 6.18 Å². The number of hydrogen-bond donors (Lipinski definition) is 3. The summed E-state index contributed by atoms with van der Waals surface area (Å²) in [5.74, 6) is -1.35. The van der Waals surface area contributed by atoms with Crippen LogP contribution < -0.4 is 11.5 Å². The van der Waals surface area contributed by atoms with Crippen LogP contribution in [0, 0.1) is 0 Å². The predicted octanol–water partition coefficient (Wildman–Crippen LogP) is 2.69. The quantitative estimate of drug-likeness (QED) is 0.551. The molecule has 0 saturated carbocycles. The van der Waals surface area contributed by atoms with E-state index in [-0.39, 0.29) is 25.3 Å². The van der Waals surface area contributed by atoms with Gasteiger partial charge in [-0.3, -0.25) is 4.79 Å². The maximum Gasteiger partial charge on any atom is 0.389 e. The van der Waals surface area contributed by atoms with Gasteiger partial charge in [-0.2, -0.15) is 18.2 Å². The van der Waals surface area contributed by atoms with Crippen molar-refractivity contribution in [2.75, 3.05) is 0 Å². The van der Waals surface area contributed by atoms with E-state index in [1.54, 1.807) is 12.1 Å². The number of nitrogens with zero attached hydrogens (tertiary/aromatic N) is 2. The van der Waals surface area contributed by atoms with Crippen molar-refractivity contribution < 1.29 is 23.1 Å². The van der Waals surface area contributed by atoms with Gasteiger partial charge in [0.05, 0.1) is 6.42 Å². The summed E-state index contributed by atoms with van der Waals surface area (Å²) in [6.45, 7) is -0.123. The van der Waals surface area contributed by atoms with Gasteiger partial charge in [-0.15, -0.1) is 0 Å². The average molecular weight is 377 g/mol. The van der Waals surface area contributed by atoms with Gasteiger partial charge < -0.3 is 21.1 Å². The second-order valence-electron chi connectivity index (χ2n) is 5.44. The third-order valence-electron chi connectivity index (χ3n) is 3.53. The first-order valence-corrected chi connectivity index (χ1v) is 7.65. The first-order valence-electron chi connectivity index (χ1n) is 7.27. The van der Waals surface area contributed by atoms with Crippen molar-refractivity contribution in [3.63, 3.8) is 0 Å². The summed E-state index contributed by atoms with van der Waals surface area (Å²) in [7, 11) is 0. The Kier molecular flexibility index (Phi) is 5.46. The van der Waals surface area contributed by atoms with Crippen LogP contribution in [0.4, 0.5) is 13.2 Å². The Balaban J connectivity index is 2.42. The van der Waals surface area contributed by atoms with E-state index in [0.717, 1.165) is 0 Å². The molecule has 2 rings (SSSR count). The van der Waals surface area contributed by atoms with Crippen LogP contribution in [-0.2, 0) is 17.8 Å². The Morgan fingerprint density at radius 1 is 1.28 bits per heavy atom. The van der Waals surface area contributed by atoms with Gasteiger partial charge in [0, 0.05) is 34.5 Å². The molecule has 0 spiro atoms. The zero-order valence-electron chi connectivity index (χ0n) is 13.0. The van der Waals surface area contributed by atoms with Crippen LogP contribution in [0.25, 0.3) is 10.8 Å². The van der Waals surface area contributed by atoms with Gasteiger partial charge in [-0.05, 0) is 18.6 Å². The topological polar surface area (TPSA) is 107 Å². The molecule has 5 N–H and O–H groups in total. The Morgan fingerprint density at radius 2 is 1.96 bits per heavy atom. The number of hydrogen-bond acceptors (Lipinski definition) is 2. The molecule has 10 heteroatoms. The Hall–Kier alpha value is -2.42. The number of alkyl halides is 3. The molecule has 0 bridgehead atoms. The molecule has 1 amide bonds. The molecule has 2 aromatic rings. The fraction of sp³-hybridized carbons (Fsp3) is 0.333. The lowest BCUT2D eigenvalue weighted by molar-refractivity contribution is -0.136. The molecule has 25 heavy (non-hydrogen) atoms. The van der Waals surface area contributed by atoms with Crippen LogP contribution in [0.5, 0.6) is 5.88 Å². The highest BCUT2D eigenvalue weighted by Gasteiger charge is 2.27. The highest BCUT2D eigenvalue weighted by atomic mass is 35.5. The molecule has 0 aliphatic rings. The number of aliphatic imine (C=N–C) groups is 1. The van der Waals surface area contributed by atoms with Crippen LogP contribution in [0.1, 0.15) is 18.5 Å². The molecule has 0 fully saturated rings. The molecular weight excluding hydrogens is 361 g/mol. The number of nitrogens with two attached hydrogens (primary N) is 2. The minimum atomic E-state index is -4.31. The molecule has 0 aliphatic carbocycles. The van der Waals surface area contributed by atoms with E-state index in [1.807, 2.05) is 0 Å². The molecule has 0 atom stereocenters. The Labute approximate surface area is 145 Å². The largest absolute Gasteiger partial charge is 0.494 e. The summed E-state index contributed by atoms with van der Waals surface area (Å²) >= 11 is 5.90. The van der Waals surface area contributed by atoms with Crippen LogP contribution in [0.15, 0.2) is 23.2 Å². The van der Waals surface area contributed by atoms with Crippen molar-refractivity contribution in [1.29, 1.82) is 0 Å². The summed E-state index contributed by atoms with van der Waals surface area (Å²) < 4.78 is 38.4. The number of carbonyl (C=O) groups excluding carboxylic acids is 1. The molecule has 1 heterocycles. The summed E-state index contributed by atoms with van der Waals surface area (Å²) in [4.78, 5) is 15.3. The lowest BCUT2D eigenvalue weighted by atomic mass is 10.1. The number of rotatable bonds is 5. The normalized spacial score (nSPS) is 11.7. The van der Waals surface area contributed by atoms with Gasteiger partial charge in [0.25, 0.3) is 5.91 Å². The molecule has 0 unspecified atom stereocenters. The summed E-state index contributed by atoms with van der Waals surface area (Å²) in [6, 6.07) is 4.61. The molecule has 1 aromatic carbocycles. The summed E-state index contributed by atoms with van der Waals surface area (Å²) in [5, 5.41) is 11.5. The monoisotopic (exact) mass is 376 g/mol. The zero-order chi connectivity index (χ0) is 18.8. The number of aromatic nitrogens is 1. The number of guanidine groups is 1. The lowest BCUT2D eigenvalue weighted by Gasteiger charge is -2.11. The van der Waals surface area contributed by atoms with Crippen molar-refractivity contribution >= 4 is 34.2 Å². The molecule has 0 saturated heterocycles. The van der Waals surface area contributed by atoms with Gasteiger partial charge in [0.1, 0.15) is 0 Å². The molecule has 136 valence electrons. The van der Waals surface area contributed by atoms with E-state index in [9.17, 15) is 23.1 Å². The smallest absolute Gasteiger partial charge is 0.389 e. The van der Waals surface area contributed by atoms with Gasteiger partial charge in [0.15, 0.2) is 11.8 Å². The maximum atomic E-state index is 12.4. The average Bonchev–Trinajstić information content (AvgIpc) is 2.70. The number of fused-ring (bicyclic) bond motifs is 1. The highest BCUT2D eigenvalue weighted by Crippen LogP contribution is 2.35. The van der Waals surface area contributed by atoms with E-state index in [2.05, 4.69) is 4.99 Å². The van der Waals surface area contributed by atoms with Crippen molar-refractivity contribution in [3.8, 4) is 5.88 Å². The van der Waals surface area contributed by atoms with Crippen molar-refractivity contribution in [2.24, 2.45) is 16.5 Å². The fourth-order valence-corrected chi connectivity index (χ4v) is 2.74. The van der Waals surface area contributed by atoms with Gasteiger partial charge in [0.2, 0.25) is 0 Å². The molecule has 0 aliphatic heterocycles. The number of benzene rings is 1. The third kappa shape index (κ3) is 4.79. The van der Waals surface area contributed by atoms with Crippen LogP contribution in [0.3, 0.4) is 0 Å². The molecular formula is C15H16ClF3N4O2. The van der Waals surface area contributed by atoms with E-state index < -0.39 is 24.5 Å². The second kappa shape index (κ2) is 7.22. The molecule has 0 radical (unpaired) electrons. The second-order valence-corrected chi connectivity index (χ2v) is 5.87. The summed E-state index contributed by atoms with van der Waals surface area (Å²) in [5.41, 5.74) is 10.6. The molecule has 6 nitrogen and oxygen atoms in total. The van der Waals surface area contributed by atoms with Crippen molar-refractivity contribution in [2.45, 2.75) is 32.0 Å². The Morgan fingerprint density at radius 3 is 2.56 bits per heavy atom. The van der Waals surface area contributed by atoms with Gasteiger partial charge in [-0.1, -0.05) is 17.7 Å². The minimum Gasteiger partial charge on any atom is -0.494 e. The van der Waals surface area contributed by atoms with Crippen LogP contribution in [-0.4, -0.2) is 27.7 Å². The van der Waals surface area contributed by atoms with Gasteiger partial charge in [-0.25, -0.2) is 0 Å². The SMILES string of the molecule is NC(N)=NC(=O)Cc1c2ccc(Cl)cc2c(O)n1CCCC(F)(F)F. The number of amides is 1.